The van der Waals surface area contributed by atoms with Crippen molar-refractivity contribution in [2.75, 3.05) is 7.11 Å². The van der Waals surface area contributed by atoms with Crippen molar-refractivity contribution in [3.05, 3.63) is 29.3 Å². The van der Waals surface area contributed by atoms with E-state index in [-0.39, 0.29) is 0 Å². The summed E-state index contributed by atoms with van der Waals surface area (Å²) in [6.07, 6.45) is 2.84. The normalized spacial score (nSPS) is 18.7. The van der Waals surface area contributed by atoms with Crippen molar-refractivity contribution in [3.63, 3.8) is 0 Å². The zero-order valence-corrected chi connectivity index (χ0v) is 8.29. The molecule has 0 fully saturated rings. The van der Waals surface area contributed by atoms with Gasteiger partial charge < -0.3 is 4.74 Å². The van der Waals surface area contributed by atoms with Gasteiger partial charge in [0.25, 0.3) is 0 Å². The largest absolute Gasteiger partial charge is 0.497 e. The molecule has 72 valence electrons. The average molecular weight is 187 g/mol. The predicted molar refractivity (Wildman–Crippen MR) is 54.3 cm³/mol. The molecule has 1 aromatic rings. The maximum atomic E-state index is 8.70. The van der Waals surface area contributed by atoms with Crippen molar-refractivity contribution < 1.29 is 4.74 Å². The molecule has 2 heteroatoms. The summed E-state index contributed by atoms with van der Waals surface area (Å²) in [5, 5.41) is 8.70. The van der Waals surface area contributed by atoms with Crippen LogP contribution in [0.4, 0.5) is 0 Å². The summed E-state index contributed by atoms with van der Waals surface area (Å²) in [4.78, 5) is 0. The number of nitriles is 1. The molecule has 2 rings (SSSR count). The number of nitrogens with zero attached hydrogens (tertiary/aromatic N) is 1. The average Bonchev–Trinajstić information content (AvgIpc) is 2.61. The van der Waals surface area contributed by atoms with E-state index in [1.54, 1.807) is 7.11 Å². The lowest BCUT2D eigenvalue weighted by molar-refractivity contribution is 0.414. The Morgan fingerprint density at radius 1 is 1.57 bits per heavy atom. The van der Waals surface area contributed by atoms with Crippen molar-refractivity contribution >= 4 is 0 Å². The molecule has 0 radical (unpaired) electrons. The Balaban J connectivity index is 2.33. The smallest absolute Gasteiger partial charge is 0.119 e. The second kappa shape index (κ2) is 3.71. The number of benzene rings is 1. The minimum atomic E-state index is 0.421. The highest BCUT2D eigenvalue weighted by molar-refractivity contribution is 5.41. The second-order valence-electron chi connectivity index (χ2n) is 3.66. The Morgan fingerprint density at radius 3 is 3.14 bits per heavy atom. The molecule has 0 aromatic heterocycles. The van der Waals surface area contributed by atoms with Crippen LogP contribution < -0.4 is 4.74 Å². The Bertz CT molecular complexity index is 378. The van der Waals surface area contributed by atoms with Gasteiger partial charge in [0.15, 0.2) is 0 Å². The molecule has 1 aliphatic rings. The molecule has 1 aliphatic carbocycles. The van der Waals surface area contributed by atoms with Gasteiger partial charge in [-0.1, -0.05) is 6.07 Å². The lowest BCUT2D eigenvalue weighted by Gasteiger charge is -2.08. The predicted octanol–water partition coefficient (Wildman–Crippen LogP) is 2.64. The molecule has 0 spiro atoms. The summed E-state index contributed by atoms with van der Waals surface area (Å²) >= 11 is 0. The number of hydrogen-bond acceptors (Lipinski definition) is 2. The SMILES string of the molecule is COc1ccc2c(c1)[C@H](CC#N)CC2. The van der Waals surface area contributed by atoms with Gasteiger partial charge in [-0.05, 0) is 42.0 Å². The van der Waals surface area contributed by atoms with E-state index in [4.69, 9.17) is 10.00 Å². The van der Waals surface area contributed by atoms with Crippen LogP contribution in [0, 0.1) is 11.3 Å². The minimum absolute atomic E-state index is 0.421. The van der Waals surface area contributed by atoms with Crippen LogP contribution >= 0.6 is 0 Å². The molecular formula is C12H13NO. The fourth-order valence-electron chi connectivity index (χ4n) is 2.12. The molecule has 1 atom stereocenters. The highest BCUT2D eigenvalue weighted by atomic mass is 16.5. The molecule has 2 nitrogen and oxygen atoms in total. The molecule has 0 N–H and O–H groups in total. The van der Waals surface area contributed by atoms with Gasteiger partial charge >= 0.3 is 0 Å². The number of hydrogen-bond donors (Lipinski definition) is 0. The zero-order chi connectivity index (χ0) is 9.97. The van der Waals surface area contributed by atoms with Crippen LogP contribution in [0.2, 0.25) is 0 Å². The van der Waals surface area contributed by atoms with Crippen LogP contribution in [-0.4, -0.2) is 7.11 Å². The topological polar surface area (TPSA) is 33.0 Å². The minimum Gasteiger partial charge on any atom is -0.497 e. The van der Waals surface area contributed by atoms with E-state index in [9.17, 15) is 0 Å². The zero-order valence-electron chi connectivity index (χ0n) is 8.29. The summed E-state index contributed by atoms with van der Waals surface area (Å²) in [7, 11) is 1.68. The monoisotopic (exact) mass is 187 g/mol. The number of fused-ring (bicyclic) bond motifs is 1. The van der Waals surface area contributed by atoms with E-state index in [0.717, 1.165) is 18.6 Å². The van der Waals surface area contributed by atoms with Crippen LogP contribution in [0.15, 0.2) is 18.2 Å². The third-order valence-corrected chi connectivity index (χ3v) is 2.89. The summed E-state index contributed by atoms with van der Waals surface area (Å²) in [6, 6.07) is 8.43. The van der Waals surface area contributed by atoms with Crippen molar-refractivity contribution in [1.82, 2.24) is 0 Å². The summed E-state index contributed by atoms with van der Waals surface area (Å²) in [6.45, 7) is 0. The molecule has 0 saturated heterocycles. The van der Waals surface area contributed by atoms with Gasteiger partial charge in [0.05, 0.1) is 13.2 Å². The van der Waals surface area contributed by atoms with Crippen molar-refractivity contribution in [1.29, 1.82) is 5.26 Å². The quantitative estimate of drug-likeness (QED) is 0.713. The lowest BCUT2D eigenvalue weighted by atomic mass is 9.98. The van der Waals surface area contributed by atoms with Crippen LogP contribution in [0.25, 0.3) is 0 Å². The molecule has 0 amide bonds. The van der Waals surface area contributed by atoms with Crippen LogP contribution in [0.1, 0.15) is 29.9 Å². The van der Waals surface area contributed by atoms with Gasteiger partial charge in [0.2, 0.25) is 0 Å². The number of methoxy groups -OCH3 is 1. The second-order valence-corrected chi connectivity index (χ2v) is 3.66. The standard InChI is InChI=1S/C12H13NO/c1-14-11-5-4-9-2-3-10(6-7-13)12(9)8-11/h4-5,8,10H,2-3,6H2,1H3/t10-/m0/s1. The van der Waals surface area contributed by atoms with Crippen molar-refractivity contribution in [3.8, 4) is 11.8 Å². The Labute approximate surface area is 84.1 Å². The molecule has 0 saturated carbocycles. The van der Waals surface area contributed by atoms with E-state index in [1.807, 2.05) is 6.07 Å². The Kier molecular flexibility index (Phi) is 2.41. The van der Waals surface area contributed by atoms with E-state index in [0.29, 0.717) is 12.3 Å². The van der Waals surface area contributed by atoms with Gasteiger partial charge in [-0.3, -0.25) is 0 Å². The van der Waals surface area contributed by atoms with Crippen LogP contribution in [0.5, 0.6) is 5.75 Å². The number of aryl methyl sites for hydroxylation is 1. The van der Waals surface area contributed by atoms with Gasteiger partial charge in [-0.2, -0.15) is 5.26 Å². The van der Waals surface area contributed by atoms with Gasteiger partial charge in [0, 0.05) is 6.42 Å². The highest BCUT2D eigenvalue weighted by Gasteiger charge is 2.22. The molecule has 0 bridgehead atoms. The summed E-state index contributed by atoms with van der Waals surface area (Å²) < 4.78 is 5.18. The first-order valence-corrected chi connectivity index (χ1v) is 4.89. The van der Waals surface area contributed by atoms with Crippen molar-refractivity contribution in [2.24, 2.45) is 0 Å². The molecule has 0 heterocycles. The fourth-order valence-corrected chi connectivity index (χ4v) is 2.12. The first-order chi connectivity index (χ1) is 6.85. The first kappa shape index (κ1) is 9.08. The van der Waals surface area contributed by atoms with Crippen LogP contribution in [0.3, 0.4) is 0 Å². The van der Waals surface area contributed by atoms with Crippen LogP contribution in [-0.2, 0) is 6.42 Å². The molecular weight excluding hydrogens is 174 g/mol. The van der Waals surface area contributed by atoms with Gasteiger partial charge in [-0.15, -0.1) is 0 Å². The number of ether oxygens (including phenoxy) is 1. The summed E-state index contributed by atoms with van der Waals surface area (Å²) in [5.41, 5.74) is 2.69. The molecule has 1 aromatic carbocycles. The van der Waals surface area contributed by atoms with E-state index >= 15 is 0 Å². The highest BCUT2D eigenvalue weighted by Crippen LogP contribution is 2.37. The maximum absolute atomic E-state index is 8.70. The number of rotatable bonds is 2. The third kappa shape index (κ3) is 1.46. The van der Waals surface area contributed by atoms with Gasteiger partial charge in [0.1, 0.15) is 5.75 Å². The summed E-state index contributed by atoms with van der Waals surface area (Å²) in [5.74, 6) is 1.32. The van der Waals surface area contributed by atoms with Gasteiger partial charge in [-0.25, -0.2) is 0 Å². The molecule has 0 unspecified atom stereocenters. The van der Waals surface area contributed by atoms with Crippen molar-refractivity contribution in [2.45, 2.75) is 25.2 Å². The Hall–Kier alpha value is -1.49. The fraction of sp³-hybridized carbons (Fsp3) is 0.417. The lowest BCUT2D eigenvalue weighted by Crippen LogP contribution is -1.92. The first-order valence-electron chi connectivity index (χ1n) is 4.89. The van der Waals surface area contributed by atoms with E-state index in [2.05, 4.69) is 18.2 Å². The van der Waals surface area contributed by atoms with E-state index in [1.165, 1.54) is 11.1 Å². The molecule has 14 heavy (non-hydrogen) atoms. The third-order valence-electron chi connectivity index (χ3n) is 2.89. The maximum Gasteiger partial charge on any atom is 0.119 e. The Morgan fingerprint density at radius 2 is 2.43 bits per heavy atom. The molecule has 0 aliphatic heterocycles. The van der Waals surface area contributed by atoms with E-state index < -0.39 is 0 Å².